The second-order valence-electron chi connectivity index (χ2n) is 9.47. The number of benzene rings is 3. The van der Waals surface area contributed by atoms with E-state index in [1.54, 1.807) is 45.0 Å². The number of alkyl carbamates (subject to hydrolysis) is 1. The fourth-order valence-corrected chi connectivity index (χ4v) is 3.73. The zero-order chi connectivity index (χ0) is 26.6. The molecular formula is C29H27NO7. The van der Waals surface area contributed by atoms with Gasteiger partial charge in [0.15, 0.2) is 5.43 Å². The van der Waals surface area contributed by atoms with E-state index in [1.807, 2.05) is 36.4 Å². The summed E-state index contributed by atoms with van der Waals surface area (Å²) in [6.45, 7) is 5.14. The molecule has 0 spiro atoms. The van der Waals surface area contributed by atoms with Crippen molar-refractivity contribution in [3.05, 3.63) is 94.6 Å². The molecule has 37 heavy (non-hydrogen) atoms. The number of hydrogen-bond donors (Lipinski definition) is 2. The second-order valence-corrected chi connectivity index (χ2v) is 9.47. The molecule has 0 bridgehead atoms. The van der Waals surface area contributed by atoms with Crippen molar-refractivity contribution in [3.8, 4) is 22.8 Å². The predicted octanol–water partition coefficient (Wildman–Crippen LogP) is 5.21. The lowest BCUT2D eigenvalue weighted by molar-refractivity contribution is -0.136. The number of rotatable bonds is 6. The van der Waals surface area contributed by atoms with Crippen LogP contribution in [0.15, 0.2) is 88.1 Å². The molecule has 0 aliphatic carbocycles. The summed E-state index contributed by atoms with van der Waals surface area (Å²) in [6, 6.07) is 20.8. The third-order valence-electron chi connectivity index (χ3n) is 5.32. The van der Waals surface area contributed by atoms with Gasteiger partial charge in [0.05, 0.1) is 0 Å². The molecule has 4 rings (SSSR count). The molecule has 1 atom stereocenters. The van der Waals surface area contributed by atoms with Gasteiger partial charge in [0, 0.05) is 30.2 Å². The van der Waals surface area contributed by atoms with E-state index in [2.05, 4.69) is 5.32 Å². The maximum absolute atomic E-state index is 13.2. The van der Waals surface area contributed by atoms with Crippen LogP contribution < -0.4 is 15.5 Å². The summed E-state index contributed by atoms with van der Waals surface area (Å²) in [7, 11) is 0. The smallest absolute Gasteiger partial charge is 0.408 e. The molecule has 1 heterocycles. The Morgan fingerprint density at radius 2 is 1.62 bits per heavy atom. The van der Waals surface area contributed by atoms with Crippen LogP contribution in [0.4, 0.5) is 4.79 Å². The van der Waals surface area contributed by atoms with Crippen molar-refractivity contribution in [2.24, 2.45) is 0 Å². The molecule has 2 N–H and O–H groups in total. The minimum Gasteiger partial charge on any atom is -0.507 e. The van der Waals surface area contributed by atoms with Gasteiger partial charge in [-0.25, -0.2) is 9.59 Å². The van der Waals surface area contributed by atoms with Gasteiger partial charge < -0.3 is 24.3 Å². The third kappa shape index (κ3) is 6.55. The van der Waals surface area contributed by atoms with Gasteiger partial charge in [-0.3, -0.25) is 4.79 Å². The van der Waals surface area contributed by atoms with Gasteiger partial charge in [-0.1, -0.05) is 60.7 Å². The summed E-state index contributed by atoms with van der Waals surface area (Å²) < 4.78 is 16.7. The van der Waals surface area contributed by atoms with Crippen molar-refractivity contribution in [1.29, 1.82) is 0 Å². The second kappa shape index (κ2) is 10.6. The molecule has 0 fully saturated rings. The quantitative estimate of drug-likeness (QED) is 0.275. The van der Waals surface area contributed by atoms with Crippen LogP contribution in [0.2, 0.25) is 0 Å². The predicted molar refractivity (Wildman–Crippen MR) is 139 cm³/mol. The highest BCUT2D eigenvalue weighted by atomic mass is 16.6. The molecule has 0 saturated heterocycles. The van der Waals surface area contributed by atoms with E-state index >= 15 is 0 Å². The van der Waals surface area contributed by atoms with Crippen molar-refractivity contribution in [2.75, 3.05) is 0 Å². The first kappa shape index (κ1) is 25.5. The summed E-state index contributed by atoms with van der Waals surface area (Å²) in [5, 5.41) is 13.0. The minimum atomic E-state index is -1.09. The number of aromatic hydroxyl groups is 1. The molecule has 0 radical (unpaired) electrons. The molecule has 1 unspecified atom stereocenters. The van der Waals surface area contributed by atoms with E-state index in [9.17, 15) is 19.5 Å². The number of amides is 1. The van der Waals surface area contributed by atoms with Gasteiger partial charge in [-0.2, -0.15) is 0 Å². The number of phenolic OH excluding ortho intramolecular Hbond substituents is 1. The van der Waals surface area contributed by atoms with Crippen LogP contribution in [0, 0.1) is 0 Å². The molecule has 8 nitrogen and oxygen atoms in total. The summed E-state index contributed by atoms with van der Waals surface area (Å²) >= 11 is 0. The summed E-state index contributed by atoms with van der Waals surface area (Å²) in [5.74, 6) is -0.926. The highest BCUT2D eigenvalue weighted by molar-refractivity contribution is 5.88. The lowest BCUT2D eigenvalue weighted by Crippen LogP contribution is -2.46. The van der Waals surface area contributed by atoms with E-state index in [4.69, 9.17) is 13.9 Å². The number of ether oxygens (including phenoxy) is 2. The molecule has 0 aliphatic heterocycles. The van der Waals surface area contributed by atoms with Crippen LogP contribution >= 0.6 is 0 Å². The zero-order valence-corrected chi connectivity index (χ0v) is 20.7. The molecule has 1 amide bonds. The standard InChI is InChI=1S/C29H27NO7/c1-29(2,3)37-28(34)30-21(14-18-10-6-4-7-11-18)27(33)35-20-15-22(31)26-23(32)17-24(36-25(26)16-20)19-12-8-5-9-13-19/h4-13,15-17,21,31H,14H2,1-3H3,(H,30,34). The maximum atomic E-state index is 13.2. The summed E-state index contributed by atoms with van der Waals surface area (Å²) in [6.07, 6.45) is -0.628. The van der Waals surface area contributed by atoms with E-state index in [1.165, 1.54) is 12.1 Å². The van der Waals surface area contributed by atoms with E-state index in [0.29, 0.717) is 11.3 Å². The number of nitrogens with one attached hydrogen (secondary N) is 1. The number of phenols is 1. The molecule has 0 aliphatic rings. The number of carbonyl (C=O) groups is 2. The Morgan fingerprint density at radius 3 is 2.27 bits per heavy atom. The van der Waals surface area contributed by atoms with Crippen molar-refractivity contribution >= 4 is 23.0 Å². The van der Waals surface area contributed by atoms with E-state index < -0.39 is 34.9 Å². The highest BCUT2D eigenvalue weighted by Crippen LogP contribution is 2.31. The Balaban J connectivity index is 1.63. The van der Waals surface area contributed by atoms with Gasteiger partial charge in [0.2, 0.25) is 0 Å². The van der Waals surface area contributed by atoms with E-state index in [-0.39, 0.29) is 23.1 Å². The topological polar surface area (TPSA) is 115 Å². The fourth-order valence-electron chi connectivity index (χ4n) is 3.73. The molecule has 8 heteroatoms. The molecule has 0 saturated carbocycles. The Kier molecular flexibility index (Phi) is 7.29. The normalized spacial score (nSPS) is 12.1. The third-order valence-corrected chi connectivity index (χ3v) is 5.32. The van der Waals surface area contributed by atoms with Crippen LogP contribution in [0.1, 0.15) is 26.3 Å². The van der Waals surface area contributed by atoms with Crippen LogP contribution in [-0.2, 0) is 16.0 Å². The summed E-state index contributed by atoms with van der Waals surface area (Å²) in [4.78, 5) is 38.3. The average Bonchev–Trinajstić information content (AvgIpc) is 2.83. The van der Waals surface area contributed by atoms with Gasteiger partial charge in [0.25, 0.3) is 0 Å². The fraction of sp³-hybridized carbons (Fsp3) is 0.207. The van der Waals surface area contributed by atoms with Gasteiger partial charge in [-0.05, 0) is 26.3 Å². The van der Waals surface area contributed by atoms with Crippen molar-refractivity contribution in [3.63, 3.8) is 0 Å². The van der Waals surface area contributed by atoms with Crippen LogP contribution in [0.3, 0.4) is 0 Å². The van der Waals surface area contributed by atoms with Crippen molar-refractivity contribution in [1.82, 2.24) is 5.32 Å². The van der Waals surface area contributed by atoms with Crippen molar-refractivity contribution < 1.29 is 28.6 Å². The molecule has 4 aromatic rings. The number of hydrogen-bond acceptors (Lipinski definition) is 7. The number of fused-ring (bicyclic) bond motifs is 1. The van der Waals surface area contributed by atoms with Gasteiger partial charge in [-0.15, -0.1) is 0 Å². The molecule has 190 valence electrons. The SMILES string of the molecule is CC(C)(C)OC(=O)NC(Cc1ccccc1)C(=O)Oc1cc(O)c2c(=O)cc(-c3ccccc3)oc2c1. The largest absolute Gasteiger partial charge is 0.507 e. The Hall–Kier alpha value is -4.59. The Labute approximate surface area is 213 Å². The number of carbonyl (C=O) groups excluding carboxylic acids is 2. The first-order valence-corrected chi connectivity index (χ1v) is 11.7. The lowest BCUT2D eigenvalue weighted by Gasteiger charge is -2.23. The van der Waals surface area contributed by atoms with Crippen molar-refractivity contribution in [2.45, 2.75) is 38.8 Å². The lowest BCUT2D eigenvalue weighted by atomic mass is 10.1. The van der Waals surface area contributed by atoms with Gasteiger partial charge in [0.1, 0.15) is 39.9 Å². The average molecular weight is 502 g/mol. The van der Waals surface area contributed by atoms with Gasteiger partial charge >= 0.3 is 12.1 Å². The molecule has 3 aromatic carbocycles. The van der Waals surface area contributed by atoms with Crippen LogP contribution in [0.25, 0.3) is 22.3 Å². The van der Waals surface area contributed by atoms with Crippen LogP contribution in [0.5, 0.6) is 11.5 Å². The maximum Gasteiger partial charge on any atom is 0.408 e. The first-order valence-electron chi connectivity index (χ1n) is 11.7. The summed E-state index contributed by atoms with van der Waals surface area (Å²) in [5.41, 5.74) is 0.315. The Bertz CT molecular complexity index is 1470. The zero-order valence-electron chi connectivity index (χ0n) is 20.7. The molecular weight excluding hydrogens is 474 g/mol. The van der Waals surface area contributed by atoms with Crippen LogP contribution in [-0.4, -0.2) is 28.8 Å². The Morgan fingerprint density at radius 1 is 0.973 bits per heavy atom. The number of esters is 1. The monoisotopic (exact) mass is 501 g/mol. The first-order chi connectivity index (χ1) is 17.6. The highest BCUT2D eigenvalue weighted by Gasteiger charge is 2.27. The molecule has 1 aromatic heterocycles. The minimum absolute atomic E-state index is 0.0350. The van der Waals surface area contributed by atoms with E-state index in [0.717, 1.165) is 11.6 Å².